The molecular weight excluding hydrogens is 382 g/mol. The summed E-state index contributed by atoms with van der Waals surface area (Å²) in [4.78, 5) is 19.5. The lowest BCUT2D eigenvalue weighted by Gasteiger charge is -2.26. The molecule has 0 radical (unpaired) electrons. The number of anilines is 1. The van der Waals surface area contributed by atoms with Crippen LogP contribution in [-0.2, 0) is 24.1 Å². The molecule has 1 saturated heterocycles. The first-order valence-corrected chi connectivity index (χ1v) is 11.4. The number of rotatable bonds is 5. The van der Waals surface area contributed by atoms with Crippen LogP contribution >= 0.6 is 11.3 Å². The summed E-state index contributed by atoms with van der Waals surface area (Å²) in [6.07, 6.45) is 6.68. The van der Waals surface area contributed by atoms with Crippen molar-refractivity contribution in [2.45, 2.75) is 45.2 Å². The Morgan fingerprint density at radius 3 is 2.86 bits per heavy atom. The number of thiophene rings is 1. The van der Waals surface area contributed by atoms with Crippen molar-refractivity contribution in [2.24, 2.45) is 0 Å². The fraction of sp³-hybridized carbons (Fsp3) is 0.500. The number of nitrogens with one attached hydrogen (secondary N) is 1. The number of hydrogen-bond donors (Lipinski definition) is 1. The minimum atomic E-state index is 0.0877. The second-order valence-electron chi connectivity index (χ2n) is 7.89. The van der Waals surface area contributed by atoms with Crippen LogP contribution in [0.2, 0.25) is 0 Å². The largest absolute Gasteiger partial charge is 0.379 e. The van der Waals surface area contributed by atoms with E-state index in [1.54, 1.807) is 0 Å². The number of fused-ring (bicyclic) bond motifs is 3. The van der Waals surface area contributed by atoms with Crippen LogP contribution in [0.25, 0.3) is 10.2 Å². The number of hydrogen-bond acceptors (Lipinski definition) is 7. The molecule has 1 aliphatic carbocycles. The molecular formula is C22H27N5OS. The third kappa shape index (κ3) is 3.99. The highest BCUT2D eigenvalue weighted by Crippen LogP contribution is 2.39. The van der Waals surface area contributed by atoms with Crippen molar-refractivity contribution >= 4 is 27.4 Å². The van der Waals surface area contributed by atoms with Gasteiger partial charge in [-0.2, -0.15) is 0 Å². The number of nitrogens with zero attached hydrogens (tertiary/aromatic N) is 4. The van der Waals surface area contributed by atoms with Gasteiger partial charge in [0.25, 0.3) is 0 Å². The molecule has 2 aliphatic rings. The maximum absolute atomic E-state index is 5.49. The Kier molecular flexibility index (Phi) is 5.44. The maximum atomic E-state index is 5.49. The average Bonchev–Trinajstić information content (AvgIpc) is 3.13. The molecule has 0 spiro atoms. The summed E-state index contributed by atoms with van der Waals surface area (Å²) in [5, 5.41) is 4.90. The van der Waals surface area contributed by atoms with Crippen LogP contribution in [0.4, 0.5) is 5.82 Å². The molecule has 3 aromatic heterocycles. The van der Waals surface area contributed by atoms with Gasteiger partial charge in [-0.25, -0.2) is 9.97 Å². The number of ether oxygens (including phenoxy) is 1. The SMILES string of the molecule is CC(Nc1nc(CN2CCOCC2)nc2sc3c(c12)CCCC3)c1ccccn1. The topological polar surface area (TPSA) is 63.2 Å². The van der Waals surface area contributed by atoms with Crippen molar-refractivity contribution in [2.75, 3.05) is 31.6 Å². The van der Waals surface area contributed by atoms with Gasteiger partial charge in [0.15, 0.2) is 0 Å². The zero-order valence-corrected chi connectivity index (χ0v) is 17.7. The maximum Gasteiger partial charge on any atom is 0.146 e. The van der Waals surface area contributed by atoms with Gasteiger partial charge in [0.2, 0.25) is 0 Å². The van der Waals surface area contributed by atoms with Crippen LogP contribution in [0.1, 0.15) is 47.8 Å². The lowest BCUT2D eigenvalue weighted by atomic mass is 9.97. The fourth-order valence-electron chi connectivity index (χ4n) is 4.25. The molecule has 29 heavy (non-hydrogen) atoms. The molecule has 4 heterocycles. The van der Waals surface area contributed by atoms with Gasteiger partial charge in [-0.3, -0.25) is 9.88 Å². The summed E-state index contributed by atoms with van der Waals surface area (Å²) in [5.41, 5.74) is 2.49. The van der Waals surface area contributed by atoms with Gasteiger partial charge in [0, 0.05) is 24.2 Å². The Hall–Kier alpha value is -2.09. The number of morpholine rings is 1. The molecule has 0 amide bonds. The summed E-state index contributed by atoms with van der Waals surface area (Å²) in [6.45, 7) is 6.38. The minimum absolute atomic E-state index is 0.0877. The predicted octanol–water partition coefficient (Wildman–Crippen LogP) is 3.97. The Morgan fingerprint density at radius 2 is 2.03 bits per heavy atom. The second-order valence-corrected chi connectivity index (χ2v) is 8.97. The van der Waals surface area contributed by atoms with Gasteiger partial charge in [-0.15, -0.1) is 11.3 Å². The predicted molar refractivity (Wildman–Crippen MR) is 116 cm³/mol. The van der Waals surface area contributed by atoms with Crippen LogP contribution in [-0.4, -0.2) is 46.2 Å². The van der Waals surface area contributed by atoms with Crippen molar-refractivity contribution in [3.63, 3.8) is 0 Å². The summed E-state index contributed by atoms with van der Waals surface area (Å²) >= 11 is 1.86. The molecule has 1 aliphatic heterocycles. The first kappa shape index (κ1) is 18.9. The van der Waals surface area contributed by atoms with E-state index in [-0.39, 0.29) is 6.04 Å². The molecule has 0 aromatic carbocycles. The van der Waals surface area contributed by atoms with E-state index < -0.39 is 0 Å². The highest BCUT2D eigenvalue weighted by Gasteiger charge is 2.23. The van der Waals surface area contributed by atoms with Crippen molar-refractivity contribution in [1.29, 1.82) is 0 Å². The third-order valence-electron chi connectivity index (χ3n) is 5.81. The standard InChI is InChI=1S/C22H27N5OS/c1-15(17-7-4-5-9-23-17)24-21-20-16-6-2-3-8-18(16)29-22(20)26-19(25-21)14-27-10-12-28-13-11-27/h4-5,7,9,15H,2-3,6,8,10-14H2,1H3,(H,24,25,26). The molecule has 0 bridgehead atoms. The summed E-state index contributed by atoms with van der Waals surface area (Å²) in [6, 6.07) is 6.14. The Balaban J connectivity index is 1.52. The van der Waals surface area contributed by atoms with E-state index in [9.17, 15) is 0 Å². The van der Waals surface area contributed by atoms with Crippen molar-refractivity contribution in [3.8, 4) is 0 Å². The molecule has 0 saturated carbocycles. The van der Waals surface area contributed by atoms with Crippen LogP contribution in [0.5, 0.6) is 0 Å². The molecule has 152 valence electrons. The average molecular weight is 410 g/mol. The van der Waals surface area contributed by atoms with Gasteiger partial charge in [0.05, 0.1) is 36.9 Å². The van der Waals surface area contributed by atoms with E-state index in [0.717, 1.165) is 61.4 Å². The third-order valence-corrected chi connectivity index (χ3v) is 7.00. The van der Waals surface area contributed by atoms with E-state index in [1.807, 2.05) is 29.7 Å². The number of aromatic nitrogens is 3. The fourth-order valence-corrected chi connectivity index (χ4v) is 5.53. The zero-order valence-electron chi connectivity index (χ0n) is 16.9. The number of pyridine rings is 1. The normalized spacial score (nSPS) is 18.5. The highest BCUT2D eigenvalue weighted by atomic mass is 32.1. The van der Waals surface area contributed by atoms with Crippen LogP contribution < -0.4 is 5.32 Å². The monoisotopic (exact) mass is 409 g/mol. The van der Waals surface area contributed by atoms with E-state index in [1.165, 1.54) is 35.1 Å². The Bertz CT molecular complexity index is 984. The van der Waals surface area contributed by atoms with Gasteiger partial charge >= 0.3 is 0 Å². The van der Waals surface area contributed by atoms with E-state index in [4.69, 9.17) is 14.7 Å². The molecule has 7 heteroatoms. The minimum Gasteiger partial charge on any atom is -0.379 e. The zero-order chi connectivity index (χ0) is 19.6. The second kappa shape index (κ2) is 8.34. The highest BCUT2D eigenvalue weighted by molar-refractivity contribution is 7.19. The van der Waals surface area contributed by atoms with Crippen LogP contribution in [0.3, 0.4) is 0 Å². The van der Waals surface area contributed by atoms with Crippen LogP contribution in [0.15, 0.2) is 24.4 Å². The summed E-state index contributed by atoms with van der Waals surface area (Å²) in [7, 11) is 0. The van der Waals surface area contributed by atoms with E-state index in [0.29, 0.717) is 0 Å². The molecule has 5 rings (SSSR count). The molecule has 1 N–H and O–H groups in total. The molecule has 1 atom stereocenters. The molecule has 3 aromatic rings. The van der Waals surface area contributed by atoms with Crippen molar-refractivity contribution < 1.29 is 4.74 Å². The van der Waals surface area contributed by atoms with Gasteiger partial charge < -0.3 is 10.1 Å². The Morgan fingerprint density at radius 1 is 1.17 bits per heavy atom. The molecule has 1 fully saturated rings. The van der Waals surface area contributed by atoms with E-state index >= 15 is 0 Å². The molecule has 1 unspecified atom stereocenters. The van der Waals surface area contributed by atoms with Crippen LogP contribution in [0, 0.1) is 0 Å². The number of aryl methyl sites for hydroxylation is 2. The van der Waals surface area contributed by atoms with Gasteiger partial charge in [-0.05, 0) is 50.3 Å². The quantitative estimate of drug-likeness (QED) is 0.688. The first-order chi connectivity index (χ1) is 14.3. The van der Waals surface area contributed by atoms with Gasteiger partial charge in [-0.1, -0.05) is 6.07 Å². The summed E-state index contributed by atoms with van der Waals surface area (Å²) < 4.78 is 5.49. The van der Waals surface area contributed by atoms with Crippen molar-refractivity contribution in [3.05, 3.63) is 46.4 Å². The summed E-state index contributed by atoms with van der Waals surface area (Å²) in [5.74, 6) is 1.87. The smallest absolute Gasteiger partial charge is 0.146 e. The first-order valence-electron chi connectivity index (χ1n) is 10.6. The van der Waals surface area contributed by atoms with E-state index in [2.05, 4.69) is 28.2 Å². The lowest BCUT2D eigenvalue weighted by molar-refractivity contribution is 0.0331. The van der Waals surface area contributed by atoms with Gasteiger partial charge in [0.1, 0.15) is 16.5 Å². The molecule has 6 nitrogen and oxygen atoms in total. The van der Waals surface area contributed by atoms with Crippen molar-refractivity contribution in [1.82, 2.24) is 19.9 Å². The lowest BCUT2D eigenvalue weighted by Crippen LogP contribution is -2.36. The Labute approximate surface area is 175 Å².